The Kier molecular flexibility index (Phi) is 7.86. The summed E-state index contributed by atoms with van der Waals surface area (Å²) < 4.78 is 26.3. The summed E-state index contributed by atoms with van der Waals surface area (Å²) in [5, 5.41) is 0. The number of hydroxylamine groups is 1. The van der Waals surface area contributed by atoms with Gasteiger partial charge in [-0.25, -0.2) is 18.2 Å². The molecule has 0 heterocycles. The summed E-state index contributed by atoms with van der Waals surface area (Å²) in [5.41, 5.74) is 3.74. The van der Waals surface area contributed by atoms with E-state index in [1.54, 1.807) is 0 Å². The highest BCUT2D eigenvalue weighted by Gasteiger charge is 2.20. The summed E-state index contributed by atoms with van der Waals surface area (Å²) in [4.78, 5) is 28.3. The van der Waals surface area contributed by atoms with Gasteiger partial charge >= 0.3 is 0 Å². The maximum Gasteiger partial charge on any atom is 0.243 e. The molecule has 1 N–H and O–H groups in total. The smallest absolute Gasteiger partial charge is 0.243 e. The van der Waals surface area contributed by atoms with Crippen LogP contribution < -0.4 is 5.48 Å². The van der Waals surface area contributed by atoms with Gasteiger partial charge in [-0.05, 0) is 31.0 Å². The maximum atomic E-state index is 12.5. The molecule has 0 spiro atoms. The standard InChI is InChI=1S/C20H24N2O5S/c1-16(23)18-10-12-19(13-11-18)28(25,26)22(2)14-6-9-20(24)21-27-15-17-7-4-3-5-8-17/h3-5,7-8,10-13H,6,9,14-15H2,1-2H3,(H,21,24). The predicted octanol–water partition coefficient (Wildman–Crippen LogP) is 2.54. The number of carbonyl (C=O) groups excluding carboxylic acids is 2. The van der Waals surface area contributed by atoms with Crippen molar-refractivity contribution in [2.45, 2.75) is 31.3 Å². The molecule has 7 nitrogen and oxygen atoms in total. The van der Waals surface area contributed by atoms with Crippen molar-refractivity contribution < 1.29 is 22.8 Å². The van der Waals surface area contributed by atoms with Gasteiger partial charge in [0.15, 0.2) is 5.78 Å². The van der Waals surface area contributed by atoms with Crippen LogP contribution >= 0.6 is 0 Å². The van der Waals surface area contributed by atoms with Gasteiger partial charge in [0.1, 0.15) is 0 Å². The number of carbonyl (C=O) groups is 2. The molecule has 0 atom stereocenters. The zero-order valence-corrected chi connectivity index (χ0v) is 16.7. The molecule has 0 saturated carbocycles. The van der Waals surface area contributed by atoms with Gasteiger partial charge in [0.05, 0.1) is 11.5 Å². The molecule has 1 amide bonds. The van der Waals surface area contributed by atoms with Crippen LogP contribution in [0, 0.1) is 0 Å². The second kappa shape index (κ2) is 10.1. The van der Waals surface area contributed by atoms with Crippen LogP contribution in [0.15, 0.2) is 59.5 Å². The number of benzene rings is 2. The quantitative estimate of drug-likeness (QED) is 0.485. The number of hydrogen-bond acceptors (Lipinski definition) is 5. The SMILES string of the molecule is CC(=O)c1ccc(S(=O)(=O)N(C)CCCC(=O)NOCc2ccccc2)cc1. The van der Waals surface area contributed by atoms with Crippen molar-refractivity contribution in [1.82, 2.24) is 9.79 Å². The summed E-state index contributed by atoms with van der Waals surface area (Å²) in [5.74, 6) is -0.440. The molecule has 8 heteroatoms. The number of hydrogen-bond donors (Lipinski definition) is 1. The van der Waals surface area contributed by atoms with Gasteiger partial charge in [0.2, 0.25) is 15.9 Å². The zero-order valence-electron chi connectivity index (χ0n) is 15.9. The third kappa shape index (κ3) is 6.26. The number of nitrogens with zero attached hydrogens (tertiary/aromatic N) is 1. The van der Waals surface area contributed by atoms with Crippen LogP contribution in [0.1, 0.15) is 35.7 Å². The Hall–Kier alpha value is -2.55. The maximum absolute atomic E-state index is 12.5. The molecule has 0 unspecified atom stereocenters. The largest absolute Gasteiger partial charge is 0.295 e. The second-order valence-corrected chi connectivity index (χ2v) is 8.36. The molecule has 0 fully saturated rings. The minimum absolute atomic E-state index is 0.107. The Bertz CT molecular complexity index is 896. The average molecular weight is 404 g/mol. The number of sulfonamides is 1. The van der Waals surface area contributed by atoms with Gasteiger partial charge in [-0.2, -0.15) is 0 Å². The van der Waals surface area contributed by atoms with E-state index in [4.69, 9.17) is 4.84 Å². The third-order valence-corrected chi connectivity index (χ3v) is 5.98. The first-order valence-corrected chi connectivity index (χ1v) is 10.3. The van der Waals surface area contributed by atoms with E-state index in [1.165, 1.54) is 42.5 Å². The first kappa shape index (κ1) is 21.7. The lowest BCUT2D eigenvalue weighted by atomic mass is 10.2. The summed E-state index contributed by atoms with van der Waals surface area (Å²) in [6.45, 7) is 1.87. The summed E-state index contributed by atoms with van der Waals surface area (Å²) >= 11 is 0. The van der Waals surface area contributed by atoms with Crippen molar-refractivity contribution in [2.24, 2.45) is 0 Å². The highest BCUT2D eigenvalue weighted by atomic mass is 32.2. The van der Waals surface area contributed by atoms with E-state index >= 15 is 0 Å². The van der Waals surface area contributed by atoms with Crippen molar-refractivity contribution >= 4 is 21.7 Å². The Labute approximate surface area is 165 Å². The fourth-order valence-electron chi connectivity index (χ4n) is 2.45. The lowest BCUT2D eigenvalue weighted by Crippen LogP contribution is -2.29. The lowest BCUT2D eigenvalue weighted by Gasteiger charge is -2.17. The average Bonchev–Trinajstić information content (AvgIpc) is 2.68. The van der Waals surface area contributed by atoms with E-state index < -0.39 is 10.0 Å². The normalized spacial score (nSPS) is 11.4. The van der Waals surface area contributed by atoms with Crippen LogP contribution in [0.2, 0.25) is 0 Å². The van der Waals surface area contributed by atoms with E-state index in [2.05, 4.69) is 5.48 Å². The van der Waals surface area contributed by atoms with E-state index in [0.717, 1.165) is 5.56 Å². The molecule has 0 aliphatic rings. The molecular formula is C20H24N2O5S. The highest BCUT2D eigenvalue weighted by Crippen LogP contribution is 2.16. The van der Waals surface area contributed by atoms with Gasteiger partial charge in [-0.3, -0.25) is 14.4 Å². The Morgan fingerprint density at radius 2 is 1.68 bits per heavy atom. The van der Waals surface area contributed by atoms with Crippen LogP contribution in [0.3, 0.4) is 0 Å². The van der Waals surface area contributed by atoms with Gasteiger partial charge in [-0.15, -0.1) is 0 Å². The monoisotopic (exact) mass is 404 g/mol. The number of amides is 1. The third-order valence-electron chi connectivity index (χ3n) is 4.11. The molecule has 28 heavy (non-hydrogen) atoms. The van der Waals surface area contributed by atoms with E-state index in [9.17, 15) is 18.0 Å². The fourth-order valence-corrected chi connectivity index (χ4v) is 3.66. The first-order chi connectivity index (χ1) is 13.3. The lowest BCUT2D eigenvalue weighted by molar-refractivity contribution is -0.134. The number of Topliss-reactive ketones (excluding diaryl/α,β-unsaturated/α-hetero) is 1. The molecule has 2 aromatic rings. The minimum atomic E-state index is -3.67. The fraction of sp³-hybridized carbons (Fsp3) is 0.300. The number of ketones is 1. The van der Waals surface area contributed by atoms with Crippen LogP contribution in [0.4, 0.5) is 0 Å². The zero-order chi connectivity index (χ0) is 20.6. The van der Waals surface area contributed by atoms with Gasteiger partial charge in [0, 0.05) is 25.6 Å². The molecule has 2 aromatic carbocycles. The Morgan fingerprint density at radius 1 is 1.04 bits per heavy atom. The van der Waals surface area contributed by atoms with Gasteiger partial charge in [0.25, 0.3) is 0 Å². The topological polar surface area (TPSA) is 92.8 Å². The number of nitrogens with one attached hydrogen (secondary N) is 1. The molecule has 0 bridgehead atoms. The summed E-state index contributed by atoms with van der Waals surface area (Å²) in [6, 6.07) is 15.2. The summed E-state index contributed by atoms with van der Waals surface area (Å²) in [6.07, 6.45) is 0.486. The molecule has 0 saturated heterocycles. The van der Waals surface area contributed by atoms with Crippen molar-refractivity contribution in [1.29, 1.82) is 0 Å². The van der Waals surface area contributed by atoms with Gasteiger partial charge < -0.3 is 0 Å². The van der Waals surface area contributed by atoms with Crippen LogP contribution in [0.25, 0.3) is 0 Å². The Balaban J connectivity index is 1.76. The highest BCUT2D eigenvalue weighted by molar-refractivity contribution is 7.89. The molecule has 2 rings (SSSR count). The van der Waals surface area contributed by atoms with Crippen molar-refractivity contribution in [3.05, 3.63) is 65.7 Å². The summed E-state index contributed by atoms with van der Waals surface area (Å²) in [7, 11) is -2.22. The van der Waals surface area contributed by atoms with Crippen LogP contribution in [-0.4, -0.2) is 38.0 Å². The number of rotatable bonds is 10. The van der Waals surface area contributed by atoms with Gasteiger partial charge in [-0.1, -0.05) is 42.5 Å². The molecule has 0 aliphatic carbocycles. The molecule has 0 aliphatic heterocycles. The van der Waals surface area contributed by atoms with Crippen molar-refractivity contribution in [3.8, 4) is 0 Å². The molecule has 150 valence electrons. The van der Waals surface area contributed by atoms with Crippen LogP contribution in [0.5, 0.6) is 0 Å². The molecule has 0 radical (unpaired) electrons. The second-order valence-electron chi connectivity index (χ2n) is 6.31. The predicted molar refractivity (Wildman–Crippen MR) is 105 cm³/mol. The van der Waals surface area contributed by atoms with E-state index in [0.29, 0.717) is 12.0 Å². The van der Waals surface area contributed by atoms with Crippen LogP contribution in [-0.2, 0) is 26.3 Å². The van der Waals surface area contributed by atoms with Crippen molar-refractivity contribution in [3.63, 3.8) is 0 Å². The Morgan fingerprint density at radius 3 is 2.29 bits per heavy atom. The minimum Gasteiger partial charge on any atom is -0.295 e. The first-order valence-electron chi connectivity index (χ1n) is 8.82. The molecular weight excluding hydrogens is 380 g/mol. The van der Waals surface area contributed by atoms with Crippen molar-refractivity contribution in [2.75, 3.05) is 13.6 Å². The van der Waals surface area contributed by atoms with E-state index in [-0.39, 0.29) is 36.2 Å². The molecule has 0 aromatic heterocycles. The van der Waals surface area contributed by atoms with E-state index in [1.807, 2.05) is 30.3 Å².